The van der Waals surface area contributed by atoms with E-state index in [-0.39, 0.29) is 11.9 Å². The number of amides is 1. The van der Waals surface area contributed by atoms with E-state index in [0.29, 0.717) is 28.4 Å². The van der Waals surface area contributed by atoms with Crippen LogP contribution in [0.15, 0.2) is 30.3 Å². The van der Waals surface area contributed by atoms with Crippen molar-refractivity contribution in [1.82, 2.24) is 9.88 Å². The van der Waals surface area contributed by atoms with Crippen LogP contribution in [-0.4, -0.2) is 48.5 Å². The number of esters is 1. The molecule has 0 unspecified atom stereocenters. The average molecular weight is 414 g/mol. The topological polar surface area (TPSA) is 71.5 Å². The Kier molecular flexibility index (Phi) is 6.25. The van der Waals surface area contributed by atoms with Crippen molar-refractivity contribution in [3.05, 3.63) is 46.5 Å². The van der Waals surface area contributed by atoms with E-state index < -0.39 is 0 Å². The summed E-state index contributed by atoms with van der Waals surface area (Å²) < 4.78 is 4.86. The van der Waals surface area contributed by atoms with Crippen molar-refractivity contribution in [1.29, 1.82) is 0 Å². The maximum atomic E-state index is 12.5. The lowest BCUT2D eigenvalue weighted by Crippen LogP contribution is -2.39. The molecule has 1 aliphatic carbocycles. The summed E-state index contributed by atoms with van der Waals surface area (Å²) in [6.07, 6.45) is 5.41. The molecule has 0 spiro atoms. The summed E-state index contributed by atoms with van der Waals surface area (Å²) in [7, 11) is 1.37. The number of carbonyl (C=O) groups is 2. The fourth-order valence-electron chi connectivity index (χ4n) is 3.92. The Labute approximate surface area is 175 Å². The normalized spacial score (nSPS) is 17.8. The standard InChI is InChI=1S/C22H27N3O3S/c1-28-21(27)20-19(17-7-8-17)24-22(29-20)23-18(26)14-25-11-9-16(10-12-25)13-15-5-3-2-4-6-15/h2-6,16-17H,7-14H2,1H3,(H,23,24,26). The van der Waals surface area contributed by atoms with E-state index >= 15 is 0 Å². The number of benzene rings is 1. The first-order chi connectivity index (χ1) is 14.1. The van der Waals surface area contributed by atoms with Crippen LogP contribution in [0.4, 0.5) is 5.13 Å². The minimum Gasteiger partial charge on any atom is -0.465 e. The molecule has 2 fully saturated rings. The van der Waals surface area contributed by atoms with Gasteiger partial charge in [-0.25, -0.2) is 9.78 Å². The number of carbonyl (C=O) groups excluding carboxylic acids is 2. The van der Waals surface area contributed by atoms with Crippen molar-refractivity contribution in [2.24, 2.45) is 5.92 Å². The fraction of sp³-hybridized carbons (Fsp3) is 0.500. The van der Waals surface area contributed by atoms with Gasteiger partial charge in [0.2, 0.25) is 5.91 Å². The van der Waals surface area contributed by atoms with Crippen molar-refractivity contribution in [2.45, 2.75) is 38.0 Å². The quantitative estimate of drug-likeness (QED) is 0.701. The van der Waals surface area contributed by atoms with E-state index in [1.54, 1.807) is 0 Å². The lowest BCUT2D eigenvalue weighted by molar-refractivity contribution is -0.117. The Hall–Kier alpha value is -2.25. The van der Waals surface area contributed by atoms with E-state index in [1.165, 1.54) is 24.0 Å². The Morgan fingerprint density at radius 1 is 1.17 bits per heavy atom. The predicted molar refractivity (Wildman–Crippen MR) is 113 cm³/mol. The van der Waals surface area contributed by atoms with Gasteiger partial charge in [0.25, 0.3) is 0 Å². The van der Waals surface area contributed by atoms with Crippen LogP contribution in [0.5, 0.6) is 0 Å². The lowest BCUT2D eigenvalue weighted by Gasteiger charge is -2.31. The summed E-state index contributed by atoms with van der Waals surface area (Å²) >= 11 is 1.22. The molecule has 1 aliphatic heterocycles. The third kappa shape index (κ3) is 5.22. The first-order valence-corrected chi connectivity index (χ1v) is 11.1. The molecule has 2 aliphatic rings. The van der Waals surface area contributed by atoms with E-state index in [2.05, 4.69) is 45.5 Å². The van der Waals surface area contributed by atoms with Crippen molar-refractivity contribution in [3.8, 4) is 0 Å². The number of rotatable bonds is 7. The number of ether oxygens (including phenoxy) is 1. The molecule has 4 rings (SSSR count). The summed E-state index contributed by atoms with van der Waals surface area (Å²) in [4.78, 5) is 31.7. The summed E-state index contributed by atoms with van der Waals surface area (Å²) in [5.74, 6) is 0.568. The monoisotopic (exact) mass is 413 g/mol. The smallest absolute Gasteiger partial charge is 0.350 e. The van der Waals surface area contributed by atoms with Gasteiger partial charge in [-0.05, 0) is 56.7 Å². The number of anilines is 1. The minimum atomic E-state index is -0.370. The zero-order chi connectivity index (χ0) is 20.2. The first kappa shape index (κ1) is 20.0. The molecule has 2 aromatic rings. The molecule has 1 saturated heterocycles. The van der Waals surface area contributed by atoms with Crippen molar-refractivity contribution in [3.63, 3.8) is 0 Å². The van der Waals surface area contributed by atoms with Crippen LogP contribution >= 0.6 is 11.3 Å². The third-order valence-corrected chi connectivity index (χ3v) is 6.64. The highest BCUT2D eigenvalue weighted by molar-refractivity contribution is 7.17. The number of thiazole rings is 1. The zero-order valence-corrected chi connectivity index (χ0v) is 17.5. The van der Waals surface area contributed by atoms with Crippen molar-refractivity contribution < 1.29 is 14.3 Å². The largest absolute Gasteiger partial charge is 0.465 e. The van der Waals surface area contributed by atoms with E-state index in [0.717, 1.165) is 50.9 Å². The molecule has 0 radical (unpaired) electrons. The molecule has 1 amide bonds. The molecule has 29 heavy (non-hydrogen) atoms. The van der Waals surface area contributed by atoms with Gasteiger partial charge in [-0.3, -0.25) is 9.69 Å². The highest BCUT2D eigenvalue weighted by Gasteiger charge is 2.33. The van der Waals surface area contributed by atoms with Crippen LogP contribution in [0.2, 0.25) is 0 Å². The van der Waals surface area contributed by atoms with Gasteiger partial charge in [-0.15, -0.1) is 0 Å². The third-order valence-electron chi connectivity index (χ3n) is 5.68. The second kappa shape index (κ2) is 9.05. The molecule has 2 heterocycles. The van der Waals surface area contributed by atoms with Crippen LogP contribution in [0.1, 0.15) is 52.5 Å². The van der Waals surface area contributed by atoms with Crippen LogP contribution < -0.4 is 5.32 Å². The van der Waals surface area contributed by atoms with Gasteiger partial charge in [-0.1, -0.05) is 41.7 Å². The highest BCUT2D eigenvalue weighted by atomic mass is 32.1. The molecule has 0 bridgehead atoms. The number of aromatic nitrogens is 1. The second-order valence-corrected chi connectivity index (χ2v) is 8.96. The second-order valence-electron chi connectivity index (χ2n) is 7.96. The van der Waals surface area contributed by atoms with Gasteiger partial charge in [0, 0.05) is 5.92 Å². The SMILES string of the molecule is COC(=O)c1sc(NC(=O)CN2CCC(Cc3ccccc3)CC2)nc1C1CC1. The molecular weight excluding hydrogens is 386 g/mol. The van der Waals surface area contributed by atoms with Gasteiger partial charge in [0.1, 0.15) is 4.88 Å². The van der Waals surface area contributed by atoms with Gasteiger partial charge >= 0.3 is 5.97 Å². The van der Waals surface area contributed by atoms with Crippen LogP contribution in [0.3, 0.4) is 0 Å². The van der Waals surface area contributed by atoms with Crippen LogP contribution in [0.25, 0.3) is 0 Å². The molecule has 1 aromatic heterocycles. The summed E-state index contributed by atoms with van der Waals surface area (Å²) in [6, 6.07) is 10.6. The number of hydrogen-bond donors (Lipinski definition) is 1. The number of likely N-dealkylation sites (tertiary alicyclic amines) is 1. The maximum absolute atomic E-state index is 12.5. The average Bonchev–Trinajstić information content (AvgIpc) is 3.50. The number of nitrogens with one attached hydrogen (secondary N) is 1. The van der Waals surface area contributed by atoms with Gasteiger partial charge in [0.05, 0.1) is 19.3 Å². The van der Waals surface area contributed by atoms with Gasteiger partial charge in [0.15, 0.2) is 5.13 Å². The van der Waals surface area contributed by atoms with Gasteiger partial charge < -0.3 is 10.1 Å². The summed E-state index contributed by atoms with van der Waals surface area (Å²) in [6.45, 7) is 2.23. The number of methoxy groups -OCH3 is 1. The molecule has 6 nitrogen and oxygen atoms in total. The first-order valence-electron chi connectivity index (χ1n) is 10.3. The highest BCUT2D eigenvalue weighted by Crippen LogP contribution is 2.43. The molecule has 0 atom stereocenters. The van der Waals surface area contributed by atoms with Crippen LogP contribution in [0, 0.1) is 5.92 Å². The van der Waals surface area contributed by atoms with Crippen LogP contribution in [-0.2, 0) is 16.0 Å². The van der Waals surface area contributed by atoms with E-state index in [9.17, 15) is 9.59 Å². The predicted octanol–water partition coefficient (Wildman–Crippen LogP) is 3.70. The van der Waals surface area contributed by atoms with Gasteiger partial charge in [-0.2, -0.15) is 0 Å². The number of piperidine rings is 1. The molecule has 154 valence electrons. The zero-order valence-electron chi connectivity index (χ0n) is 16.7. The summed E-state index contributed by atoms with van der Waals surface area (Å²) in [5.41, 5.74) is 2.17. The maximum Gasteiger partial charge on any atom is 0.350 e. The minimum absolute atomic E-state index is 0.0703. The molecule has 1 N–H and O–H groups in total. The van der Waals surface area contributed by atoms with E-state index in [1.807, 2.05) is 0 Å². The Morgan fingerprint density at radius 3 is 2.55 bits per heavy atom. The molecular formula is C22H27N3O3S. The van der Waals surface area contributed by atoms with Crippen molar-refractivity contribution in [2.75, 3.05) is 32.1 Å². The van der Waals surface area contributed by atoms with E-state index in [4.69, 9.17) is 4.74 Å². The number of hydrogen-bond acceptors (Lipinski definition) is 6. The summed E-state index contributed by atoms with van der Waals surface area (Å²) in [5, 5.41) is 3.38. The fourth-order valence-corrected chi connectivity index (χ4v) is 4.90. The Morgan fingerprint density at radius 2 is 1.90 bits per heavy atom. The molecule has 7 heteroatoms. The Bertz CT molecular complexity index is 855. The lowest BCUT2D eigenvalue weighted by atomic mass is 9.90. The van der Waals surface area contributed by atoms with Crippen molar-refractivity contribution >= 4 is 28.3 Å². The number of nitrogens with zero attached hydrogens (tertiary/aromatic N) is 2. The molecule has 1 aromatic carbocycles. The Balaban J connectivity index is 1.27. The molecule has 1 saturated carbocycles.